The van der Waals surface area contributed by atoms with E-state index in [9.17, 15) is 4.79 Å². The van der Waals surface area contributed by atoms with Crippen molar-refractivity contribution in [2.75, 3.05) is 13.7 Å². The number of rotatable bonds is 3. The summed E-state index contributed by atoms with van der Waals surface area (Å²) in [6.45, 7) is 0.360. The van der Waals surface area contributed by atoms with Gasteiger partial charge in [0.05, 0.1) is 12.5 Å². The van der Waals surface area contributed by atoms with Gasteiger partial charge in [-0.1, -0.05) is 43.2 Å². The minimum atomic E-state index is -0.533. The van der Waals surface area contributed by atoms with Crippen molar-refractivity contribution in [3.8, 4) is 0 Å². The molecule has 0 aromatic heterocycles. The Hall–Kier alpha value is -1.35. The van der Waals surface area contributed by atoms with Gasteiger partial charge in [0.1, 0.15) is 0 Å². The third-order valence-corrected chi connectivity index (χ3v) is 4.19. The highest BCUT2D eigenvalue weighted by Gasteiger charge is 2.47. The maximum absolute atomic E-state index is 12.2. The number of nitrogens with two attached hydrogens (primary N) is 1. The monoisotopic (exact) mass is 247 g/mol. The lowest BCUT2D eigenvalue weighted by molar-refractivity contribution is -0.155. The van der Waals surface area contributed by atoms with Gasteiger partial charge in [-0.2, -0.15) is 0 Å². The molecule has 1 fully saturated rings. The van der Waals surface area contributed by atoms with Crippen LogP contribution in [0.25, 0.3) is 0 Å². The van der Waals surface area contributed by atoms with Crippen molar-refractivity contribution in [1.82, 2.24) is 0 Å². The van der Waals surface area contributed by atoms with Gasteiger partial charge in [0.25, 0.3) is 0 Å². The van der Waals surface area contributed by atoms with Gasteiger partial charge in [0.2, 0.25) is 0 Å². The Morgan fingerprint density at radius 3 is 2.72 bits per heavy atom. The Bertz CT molecular complexity index is 404. The number of esters is 1. The van der Waals surface area contributed by atoms with Crippen molar-refractivity contribution >= 4 is 5.97 Å². The molecule has 1 aliphatic rings. The molecule has 0 radical (unpaired) electrons. The summed E-state index contributed by atoms with van der Waals surface area (Å²) < 4.78 is 5.02. The standard InChI is InChI=1S/C15H21NO2/c1-18-14(17)15(11-16)10-6-5-9-13(15)12-7-3-2-4-8-12/h2-4,7-8,13H,5-6,9-11,16H2,1H3/t13-,15-/m1/s1. The SMILES string of the molecule is COC(=O)[C@@]1(CN)CCCC[C@@H]1c1ccccc1. The first-order chi connectivity index (χ1) is 8.74. The van der Waals surface area contributed by atoms with E-state index in [-0.39, 0.29) is 11.9 Å². The van der Waals surface area contributed by atoms with E-state index in [0.29, 0.717) is 6.54 Å². The Labute approximate surface area is 108 Å². The Balaban J connectivity index is 2.38. The summed E-state index contributed by atoms with van der Waals surface area (Å²) >= 11 is 0. The van der Waals surface area contributed by atoms with Crippen LogP contribution in [0.2, 0.25) is 0 Å². The fraction of sp³-hybridized carbons (Fsp3) is 0.533. The van der Waals surface area contributed by atoms with E-state index in [0.717, 1.165) is 25.7 Å². The molecule has 0 spiro atoms. The van der Waals surface area contributed by atoms with Crippen LogP contribution in [0.4, 0.5) is 0 Å². The van der Waals surface area contributed by atoms with Crippen LogP contribution in [-0.2, 0) is 9.53 Å². The predicted molar refractivity (Wildman–Crippen MR) is 71.2 cm³/mol. The van der Waals surface area contributed by atoms with Crippen LogP contribution in [0.3, 0.4) is 0 Å². The average Bonchev–Trinajstić information content (AvgIpc) is 2.47. The van der Waals surface area contributed by atoms with Crippen LogP contribution >= 0.6 is 0 Å². The van der Waals surface area contributed by atoms with Gasteiger partial charge in [-0.3, -0.25) is 4.79 Å². The largest absolute Gasteiger partial charge is 0.469 e. The van der Waals surface area contributed by atoms with E-state index in [4.69, 9.17) is 10.5 Å². The summed E-state index contributed by atoms with van der Waals surface area (Å²) in [7, 11) is 1.45. The number of methoxy groups -OCH3 is 1. The predicted octanol–water partition coefficient (Wildman–Crippen LogP) is 2.46. The molecule has 2 N–H and O–H groups in total. The topological polar surface area (TPSA) is 52.3 Å². The number of carbonyl (C=O) groups is 1. The molecule has 0 unspecified atom stereocenters. The number of hydrogen-bond donors (Lipinski definition) is 1. The molecule has 0 aliphatic heterocycles. The molecule has 2 rings (SSSR count). The van der Waals surface area contributed by atoms with Gasteiger partial charge in [0, 0.05) is 12.5 Å². The van der Waals surface area contributed by atoms with E-state index >= 15 is 0 Å². The minimum absolute atomic E-state index is 0.154. The molecule has 1 aromatic rings. The normalized spacial score (nSPS) is 27.8. The van der Waals surface area contributed by atoms with E-state index in [2.05, 4.69) is 12.1 Å². The summed E-state index contributed by atoms with van der Waals surface area (Å²) in [4.78, 5) is 12.2. The highest BCUT2D eigenvalue weighted by atomic mass is 16.5. The smallest absolute Gasteiger partial charge is 0.313 e. The average molecular weight is 247 g/mol. The Morgan fingerprint density at radius 2 is 2.11 bits per heavy atom. The molecule has 0 heterocycles. The Morgan fingerprint density at radius 1 is 1.39 bits per heavy atom. The number of ether oxygens (including phenoxy) is 1. The lowest BCUT2D eigenvalue weighted by atomic mass is 9.63. The summed E-state index contributed by atoms with van der Waals surface area (Å²) in [5, 5.41) is 0. The first kappa shape index (κ1) is 13.1. The van der Waals surface area contributed by atoms with E-state index < -0.39 is 5.41 Å². The van der Waals surface area contributed by atoms with E-state index in [1.54, 1.807) is 0 Å². The van der Waals surface area contributed by atoms with Crippen molar-refractivity contribution in [2.45, 2.75) is 31.6 Å². The van der Waals surface area contributed by atoms with Crippen molar-refractivity contribution in [3.05, 3.63) is 35.9 Å². The van der Waals surface area contributed by atoms with Crippen LogP contribution in [0.5, 0.6) is 0 Å². The van der Waals surface area contributed by atoms with Crippen molar-refractivity contribution in [3.63, 3.8) is 0 Å². The van der Waals surface area contributed by atoms with Gasteiger partial charge in [-0.15, -0.1) is 0 Å². The molecule has 18 heavy (non-hydrogen) atoms. The van der Waals surface area contributed by atoms with Gasteiger partial charge in [-0.25, -0.2) is 0 Å². The van der Waals surface area contributed by atoms with Crippen LogP contribution in [0, 0.1) is 5.41 Å². The summed E-state index contributed by atoms with van der Waals surface area (Å²) in [5.74, 6) is 0.0310. The molecule has 0 amide bonds. The number of hydrogen-bond acceptors (Lipinski definition) is 3. The van der Waals surface area contributed by atoms with Gasteiger partial charge in [0.15, 0.2) is 0 Å². The number of benzene rings is 1. The zero-order valence-corrected chi connectivity index (χ0v) is 10.9. The van der Waals surface area contributed by atoms with Crippen LogP contribution in [0.15, 0.2) is 30.3 Å². The highest BCUT2D eigenvalue weighted by Crippen LogP contribution is 2.47. The molecule has 1 aromatic carbocycles. The molecule has 3 nitrogen and oxygen atoms in total. The van der Waals surface area contributed by atoms with Crippen molar-refractivity contribution in [1.29, 1.82) is 0 Å². The van der Waals surface area contributed by atoms with Gasteiger partial charge < -0.3 is 10.5 Å². The van der Waals surface area contributed by atoms with Gasteiger partial charge >= 0.3 is 5.97 Å². The number of carbonyl (C=O) groups excluding carboxylic acids is 1. The fourth-order valence-corrected chi connectivity index (χ4v) is 3.19. The lowest BCUT2D eigenvalue weighted by Crippen LogP contribution is -2.46. The maximum atomic E-state index is 12.2. The molecule has 0 saturated heterocycles. The van der Waals surface area contributed by atoms with Crippen molar-refractivity contribution in [2.24, 2.45) is 11.1 Å². The van der Waals surface area contributed by atoms with E-state index in [1.807, 2.05) is 18.2 Å². The molecule has 2 atom stereocenters. The summed E-state index contributed by atoms with van der Waals surface area (Å²) in [6.07, 6.45) is 4.04. The zero-order valence-electron chi connectivity index (χ0n) is 10.9. The third kappa shape index (κ3) is 2.15. The highest BCUT2D eigenvalue weighted by molar-refractivity contribution is 5.78. The van der Waals surface area contributed by atoms with E-state index in [1.165, 1.54) is 12.7 Å². The fourth-order valence-electron chi connectivity index (χ4n) is 3.19. The zero-order chi connectivity index (χ0) is 13.0. The summed E-state index contributed by atoms with van der Waals surface area (Å²) in [6, 6.07) is 10.2. The summed E-state index contributed by atoms with van der Waals surface area (Å²) in [5.41, 5.74) is 6.61. The second-order valence-corrected chi connectivity index (χ2v) is 5.06. The van der Waals surface area contributed by atoms with Crippen LogP contribution < -0.4 is 5.73 Å². The molecule has 98 valence electrons. The molecular formula is C15H21NO2. The quantitative estimate of drug-likeness (QED) is 0.835. The minimum Gasteiger partial charge on any atom is -0.469 e. The van der Waals surface area contributed by atoms with Crippen molar-refractivity contribution < 1.29 is 9.53 Å². The maximum Gasteiger partial charge on any atom is 0.313 e. The molecule has 3 heteroatoms. The lowest BCUT2D eigenvalue weighted by Gasteiger charge is -2.41. The first-order valence-corrected chi connectivity index (χ1v) is 6.58. The Kier molecular flexibility index (Phi) is 4.02. The van der Waals surface area contributed by atoms with Crippen LogP contribution in [0.1, 0.15) is 37.2 Å². The molecule has 0 bridgehead atoms. The second kappa shape index (κ2) is 5.53. The molecule has 1 saturated carbocycles. The van der Waals surface area contributed by atoms with Crippen LogP contribution in [-0.4, -0.2) is 19.6 Å². The molecule has 1 aliphatic carbocycles. The van der Waals surface area contributed by atoms with Gasteiger partial charge in [-0.05, 0) is 18.4 Å². The third-order valence-electron chi connectivity index (χ3n) is 4.19. The molecular weight excluding hydrogens is 226 g/mol. The second-order valence-electron chi connectivity index (χ2n) is 5.06. The first-order valence-electron chi connectivity index (χ1n) is 6.58.